The van der Waals surface area contributed by atoms with Gasteiger partial charge in [0.15, 0.2) is 0 Å². The molecule has 1 aromatic rings. The van der Waals surface area contributed by atoms with Gasteiger partial charge in [0.1, 0.15) is 6.61 Å². The second-order valence-electron chi connectivity index (χ2n) is 3.08. The molecule has 0 saturated heterocycles. The van der Waals surface area contributed by atoms with Crippen LogP contribution in [0.1, 0.15) is 17.5 Å². The number of carbonyl (C=O) groups excluding carboxylic acids is 1. The lowest BCUT2D eigenvalue weighted by molar-refractivity contribution is 0.150. The summed E-state index contributed by atoms with van der Waals surface area (Å²) in [6, 6.07) is 9.63. The molecule has 0 aliphatic carbocycles. The van der Waals surface area contributed by atoms with Gasteiger partial charge in [0.25, 0.3) is 0 Å². The van der Waals surface area contributed by atoms with Crippen molar-refractivity contribution in [2.75, 3.05) is 0 Å². The molecule has 0 spiro atoms. The van der Waals surface area contributed by atoms with Crippen LogP contribution in [-0.4, -0.2) is 6.09 Å². The van der Waals surface area contributed by atoms with Crippen molar-refractivity contribution < 1.29 is 9.53 Å². The van der Waals surface area contributed by atoms with E-state index in [9.17, 15) is 4.79 Å². The van der Waals surface area contributed by atoms with Crippen molar-refractivity contribution in [2.24, 2.45) is 5.73 Å². The molecule has 0 unspecified atom stereocenters. The number of aryl methyl sites for hydroxylation is 1. The average molecular weight is 204 g/mol. The van der Waals surface area contributed by atoms with E-state index < -0.39 is 6.09 Å². The van der Waals surface area contributed by atoms with Gasteiger partial charge in [-0.15, -0.1) is 0 Å². The molecule has 4 nitrogen and oxygen atoms in total. The number of nitrogens with zero attached hydrogens (tertiary/aromatic N) is 1. The minimum absolute atomic E-state index is 0.188. The maximum Gasteiger partial charge on any atom is 0.404 e. The molecule has 0 saturated carbocycles. The highest BCUT2D eigenvalue weighted by Gasteiger charge is 1.97. The van der Waals surface area contributed by atoms with Crippen molar-refractivity contribution in [3.63, 3.8) is 0 Å². The first-order valence-electron chi connectivity index (χ1n) is 4.59. The smallest absolute Gasteiger partial charge is 0.404 e. The number of hydrogen-bond acceptors (Lipinski definition) is 3. The molecule has 4 heteroatoms. The highest BCUT2D eigenvalue weighted by molar-refractivity contribution is 5.64. The Morgan fingerprint density at radius 1 is 1.33 bits per heavy atom. The van der Waals surface area contributed by atoms with E-state index in [1.165, 1.54) is 0 Å². The SMILES string of the molecule is N#CCCc1ccc(COC(N)=O)cc1. The number of ether oxygens (including phenoxy) is 1. The lowest BCUT2D eigenvalue weighted by atomic mass is 10.1. The Morgan fingerprint density at radius 3 is 2.47 bits per heavy atom. The van der Waals surface area contributed by atoms with E-state index in [4.69, 9.17) is 11.0 Å². The fourth-order valence-electron chi connectivity index (χ4n) is 1.16. The summed E-state index contributed by atoms with van der Waals surface area (Å²) < 4.78 is 4.64. The summed E-state index contributed by atoms with van der Waals surface area (Å²) in [7, 11) is 0. The van der Waals surface area contributed by atoms with Crippen molar-refractivity contribution in [2.45, 2.75) is 19.4 Å². The van der Waals surface area contributed by atoms with E-state index >= 15 is 0 Å². The zero-order valence-electron chi connectivity index (χ0n) is 8.27. The van der Waals surface area contributed by atoms with Crippen LogP contribution >= 0.6 is 0 Å². The van der Waals surface area contributed by atoms with Crippen LogP contribution in [0.4, 0.5) is 4.79 Å². The number of nitrogens with two attached hydrogens (primary N) is 1. The second kappa shape index (κ2) is 5.66. The third kappa shape index (κ3) is 4.14. The quantitative estimate of drug-likeness (QED) is 0.811. The Morgan fingerprint density at radius 2 is 1.93 bits per heavy atom. The van der Waals surface area contributed by atoms with Crippen LogP contribution in [-0.2, 0) is 17.8 Å². The highest BCUT2D eigenvalue weighted by Crippen LogP contribution is 2.07. The molecule has 0 bridgehead atoms. The molecule has 0 aliphatic rings. The molecule has 0 atom stereocenters. The first-order chi connectivity index (χ1) is 7.22. The third-order valence-electron chi connectivity index (χ3n) is 1.93. The van der Waals surface area contributed by atoms with Crippen LogP contribution in [0.3, 0.4) is 0 Å². The maximum absolute atomic E-state index is 10.3. The van der Waals surface area contributed by atoms with Crippen molar-refractivity contribution in [3.8, 4) is 6.07 Å². The summed E-state index contributed by atoms with van der Waals surface area (Å²) >= 11 is 0. The lowest BCUT2D eigenvalue weighted by Gasteiger charge is -2.02. The number of benzene rings is 1. The molecule has 0 heterocycles. The van der Waals surface area contributed by atoms with E-state index in [0.717, 1.165) is 17.5 Å². The number of hydrogen-bond donors (Lipinski definition) is 1. The van der Waals surface area contributed by atoms with Gasteiger partial charge in [0.2, 0.25) is 0 Å². The van der Waals surface area contributed by atoms with E-state index in [-0.39, 0.29) is 6.61 Å². The normalized spacial score (nSPS) is 9.27. The molecule has 0 radical (unpaired) electrons. The number of amides is 1. The Bertz CT molecular complexity index is 365. The summed E-state index contributed by atoms with van der Waals surface area (Å²) in [6.07, 6.45) is 0.480. The number of nitriles is 1. The Balaban J connectivity index is 2.49. The zero-order valence-corrected chi connectivity index (χ0v) is 8.27. The van der Waals surface area contributed by atoms with Gasteiger partial charge in [0.05, 0.1) is 6.07 Å². The van der Waals surface area contributed by atoms with Gasteiger partial charge in [-0.1, -0.05) is 24.3 Å². The van der Waals surface area contributed by atoms with Crippen LogP contribution in [0, 0.1) is 11.3 Å². The summed E-state index contributed by atoms with van der Waals surface area (Å²) in [5.74, 6) is 0. The molecular formula is C11H12N2O2. The maximum atomic E-state index is 10.3. The van der Waals surface area contributed by atoms with Gasteiger partial charge in [-0.05, 0) is 17.5 Å². The van der Waals surface area contributed by atoms with Gasteiger partial charge < -0.3 is 10.5 Å². The molecule has 2 N–H and O–H groups in total. The van der Waals surface area contributed by atoms with Crippen LogP contribution < -0.4 is 5.73 Å². The molecule has 1 amide bonds. The van der Waals surface area contributed by atoms with Crippen molar-refractivity contribution in [1.29, 1.82) is 5.26 Å². The Hall–Kier alpha value is -2.02. The number of primary amides is 1. The van der Waals surface area contributed by atoms with Crippen LogP contribution in [0.25, 0.3) is 0 Å². The van der Waals surface area contributed by atoms with E-state index in [2.05, 4.69) is 10.8 Å². The largest absolute Gasteiger partial charge is 0.445 e. The Labute approximate surface area is 88.3 Å². The molecule has 1 aromatic carbocycles. The first kappa shape index (κ1) is 11.1. The van der Waals surface area contributed by atoms with E-state index in [1.54, 1.807) is 0 Å². The predicted molar refractivity (Wildman–Crippen MR) is 54.7 cm³/mol. The van der Waals surface area contributed by atoms with E-state index in [0.29, 0.717) is 6.42 Å². The number of rotatable bonds is 4. The van der Waals surface area contributed by atoms with Crippen molar-refractivity contribution in [1.82, 2.24) is 0 Å². The molecule has 1 rings (SSSR count). The molecule has 78 valence electrons. The third-order valence-corrected chi connectivity index (χ3v) is 1.93. The standard InChI is InChI=1S/C11H12N2O2/c12-7-1-2-9-3-5-10(6-4-9)8-15-11(13)14/h3-6H,1-2,8H2,(H2,13,14). The topological polar surface area (TPSA) is 76.1 Å². The molecule has 15 heavy (non-hydrogen) atoms. The summed E-state index contributed by atoms with van der Waals surface area (Å²) in [6.45, 7) is 0.188. The van der Waals surface area contributed by atoms with Crippen LogP contribution in [0.2, 0.25) is 0 Å². The minimum atomic E-state index is -0.774. The second-order valence-corrected chi connectivity index (χ2v) is 3.08. The van der Waals surface area contributed by atoms with Gasteiger partial charge in [-0.25, -0.2) is 4.79 Å². The minimum Gasteiger partial charge on any atom is -0.445 e. The van der Waals surface area contributed by atoms with Crippen molar-refractivity contribution >= 4 is 6.09 Å². The van der Waals surface area contributed by atoms with Gasteiger partial charge >= 0.3 is 6.09 Å². The average Bonchev–Trinajstić information content (AvgIpc) is 2.25. The van der Waals surface area contributed by atoms with Gasteiger partial charge in [0, 0.05) is 6.42 Å². The summed E-state index contributed by atoms with van der Waals surface area (Å²) in [5, 5.41) is 8.41. The fraction of sp³-hybridized carbons (Fsp3) is 0.273. The monoisotopic (exact) mass is 204 g/mol. The molecular weight excluding hydrogens is 192 g/mol. The molecule has 0 aromatic heterocycles. The zero-order chi connectivity index (χ0) is 11.1. The Kier molecular flexibility index (Phi) is 4.17. The van der Waals surface area contributed by atoms with Crippen molar-refractivity contribution in [3.05, 3.63) is 35.4 Å². The lowest BCUT2D eigenvalue weighted by Crippen LogP contribution is -2.12. The van der Waals surface area contributed by atoms with Gasteiger partial charge in [-0.3, -0.25) is 0 Å². The van der Waals surface area contributed by atoms with Crippen LogP contribution in [0.15, 0.2) is 24.3 Å². The predicted octanol–water partition coefficient (Wildman–Crippen LogP) is 1.74. The fourth-order valence-corrected chi connectivity index (χ4v) is 1.16. The molecule has 0 fully saturated rings. The summed E-state index contributed by atoms with van der Waals surface area (Å²) in [5.41, 5.74) is 6.82. The van der Waals surface area contributed by atoms with Crippen LogP contribution in [0.5, 0.6) is 0 Å². The van der Waals surface area contributed by atoms with E-state index in [1.807, 2.05) is 24.3 Å². The molecule has 0 aliphatic heterocycles. The number of carbonyl (C=O) groups is 1. The van der Waals surface area contributed by atoms with Gasteiger partial charge in [-0.2, -0.15) is 5.26 Å². The highest BCUT2D eigenvalue weighted by atomic mass is 16.5. The summed E-state index contributed by atoms with van der Waals surface area (Å²) in [4.78, 5) is 10.3. The first-order valence-corrected chi connectivity index (χ1v) is 4.59.